The maximum atomic E-state index is 5.47. The molecule has 5 nitrogen and oxygen atoms in total. The molecular weight excluding hydrogens is 268 g/mol. The molecule has 1 saturated heterocycles. The molecule has 2 unspecified atom stereocenters. The second-order valence-corrected chi connectivity index (χ2v) is 5.49. The minimum absolute atomic E-state index is 0.367. The van der Waals surface area contributed by atoms with Crippen LogP contribution in [0.2, 0.25) is 0 Å². The largest absolute Gasteiger partial charge is 0.493 e. The zero-order chi connectivity index (χ0) is 15.4. The van der Waals surface area contributed by atoms with E-state index in [1.807, 2.05) is 7.05 Å². The second-order valence-electron chi connectivity index (χ2n) is 5.49. The van der Waals surface area contributed by atoms with Gasteiger partial charge in [0.15, 0.2) is 11.5 Å². The first-order valence-electron chi connectivity index (χ1n) is 7.31. The highest BCUT2D eigenvalue weighted by atomic mass is 16.5. The van der Waals surface area contributed by atoms with Crippen molar-refractivity contribution in [2.75, 3.05) is 48.5 Å². The summed E-state index contributed by atoms with van der Waals surface area (Å²) in [7, 11) is 9.12. The van der Waals surface area contributed by atoms with Crippen molar-refractivity contribution in [3.63, 3.8) is 0 Å². The van der Waals surface area contributed by atoms with E-state index in [1.54, 1.807) is 21.3 Å². The van der Waals surface area contributed by atoms with E-state index in [9.17, 15) is 0 Å². The number of methoxy groups -OCH3 is 3. The molecule has 1 fully saturated rings. The van der Waals surface area contributed by atoms with Crippen molar-refractivity contribution in [3.05, 3.63) is 17.7 Å². The number of ether oxygens (including phenoxy) is 3. The number of benzene rings is 1. The topological polar surface area (TPSA) is 43.0 Å². The quantitative estimate of drug-likeness (QED) is 0.868. The molecule has 0 bridgehead atoms. The zero-order valence-corrected chi connectivity index (χ0v) is 13.6. The van der Waals surface area contributed by atoms with Gasteiger partial charge >= 0.3 is 0 Å². The molecule has 1 aliphatic heterocycles. The molecular formula is C16H26N2O3. The van der Waals surface area contributed by atoms with Crippen molar-refractivity contribution >= 4 is 0 Å². The first kappa shape index (κ1) is 15.9. The lowest BCUT2D eigenvalue weighted by Gasteiger charge is -2.27. The molecule has 1 aromatic rings. The molecule has 0 radical (unpaired) electrons. The average molecular weight is 294 g/mol. The third-order valence-electron chi connectivity index (χ3n) is 4.27. The van der Waals surface area contributed by atoms with E-state index in [2.05, 4.69) is 29.4 Å². The fourth-order valence-electron chi connectivity index (χ4n) is 3.30. The van der Waals surface area contributed by atoms with Gasteiger partial charge in [0, 0.05) is 6.04 Å². The van der Waals surface area contributed by atoms with Gasteiger partial charge in [0.25, 0.3) is 0 Å². The Kier molecular flexibility index (Phi) is 5.31. The number of hydrogen-bond acceptors (Lipinski definition) is 5. The van der Waals surface area contributed by atoms with Gasteiger partial charge < -0.3 is 19.5 Å². The Morgan fingerprint density at radius 1 is 1.14 bits per heavy atom. The summed E-state index contributed by atoms with van der Waals surface area (Å²) in [6, 6.07) is 4.50. The normalized spacial score (nSPS) is 22.3. The van der Waals surface area contributed by atoms with Gasteiger partial charge in [-0.2, -0.15) is 0 Å². The maximum Gasteiger partial charge on any atom is 0.203 e. The SMILES string of the molecule is CNCC1CCN(C)C1c1cc(OC)c(OC)c(OC)c1. The molecule has 2 rings (SSSR count). The van der Waals surface area contributed by atoms with Crippen LogP contribution in [-0.2, 0) is 0 Å². The Morgan fingerprint density at radius 3 is 2.24 bits per heavy atom. The van der Waals surface area contributed by atoms with Crippen LogP contribution in [0.4, 0.5) is 0 Å². The molecule has 0 amide bonds. The van der Waals surface area contributed by atoms with Gasteiger partial charge in [0.1, 0.15) is 0 Å². The summed E-state index contributed by atoms with van der Waals surface area (Å²) in [5.74, 6) is 2.67. The minimum Gasteiger partial charge on any atom is -0.493 e. The highest BCUT2D eigenvalue weighted by Gasteiger charge is 2.33. The van der Waals surface area contributed by atoms with Crippen LogP contribution in [0.5, 0.6) is 17.2 Å². The average Bonchev–Trinajstić information content (AvgIpc) is 2.86. The van der Waals surface area contributed by atoms with Gasteiger partial charge in [-0.05, 0) is 57.2 Å². The number of rotatable bonds is 6. The Balaban J connectivity index is 2.42. The third-order valence-corrected chi connectivity index (χ3v) is 4.27. The van der Waals surface area contributed by atoms with Gasteiger partial charge in [0.2, 0.25) is 5.75 Å². The fourth-order valence-corrected chi connectivity index (χ4v) is 3.30. The Labute approximate surface area is 127 Å². The molecule has 0 spiro atoms. The van der Waals surface area contributed by atoms with Gasteiger partial charge in [0.05, 0.1) is 21.3 Å². The standard InChI is InChI=1S/C16H26N2O3/c1-17-10-11-6-7-18(2)15(11)12-8-13(19-3)16(21-5)14(9-12)20-4/h8-9,11,15,17H,6-7,10H2,1-5H3. The van der Waals surface area contributed by atoms with E-state index in [0.29, 0.717) is 17.7 Å². The van der Waals surface area contributed by atoms with Crippen LogP contribution in [-0.4, -0.2) is 53.4 Å². The molecule has 1 heterocycles. The monoisotopic (exact) mass is 294 g/mol. The summed E-state index contributed by atoms with van der Waals surface area (Å²) >= 11 is 0. The summed E-state index contributed by atoms with van der Waals surface area (Å²) in [5.41, 5.74) is 1.21. The number of nitrogens with zero attached hydrogens (tertiary/aromatic N) is 1. The first-order chi connectivity index (χ1) is 10.2. The van der Waals surface area contributed by atoms with Crippen molar-refractivity contribution in [1.29, 1.82) is 0 Å². The van der Waals surface area contributed by atoms with Crippen molar-refractivity contribution < 1.29 is 14.2 Å². The van der Waals surface area contributed by atoms with Crippen molar-refractivity contribution in [1.82, 2.24) is 10.2 Å². The van der Waals surface area contributed by atoms with Gasteiger partial charge in [-0.25, -0.2) is 0 Å². The molecule has 1 N–H and O–H groups in total. The van der Waals surface area contributed by atoms with E-state index in [1.165, 1.54) is 12.0 Å². The maximum absolute atomic E-state index is 5.47. The van der Waals surface area contributed by atoms with Gasteiger partial charge in [-0.1, -0.05) is 0 Å². The Morgan fingerprint density at radius 2 is 1.76 bits per heavy atom. The molecule has 118 valence electrons. The van der Waals surface area contributed by atoms with Crippen LogP contribution < -0.4 is 19.5 Å². The van der Waals surface area contributed by atoms with Gasteiger partial charge in [-0.3, -0.25) is 4.90 Å². The lowest BCUT2D eigenvalue weighted by molar-refractivity contribution is 0.270. The third kappa shape index (κ3) is 3.09. The molecule has 0 saturated carbocycles. The Bertz CT molecular complexity index is 452. The summed E-state index contributed by atoms with van der Waals surface area (Å²) in [4.78, 5) is 2.39. The molecule has 0 aliphatic carbocycles. The van der Waals surface area contributed by atoms with Crippen LogP contribution in [0, 0.1) is 5.92 Å². The molecule has 5 heteroatoms. The predicted molar refractivity (Wildman–Crippen MR) is 83.5 cm³/mol. The molecule has 1 aromatic carbocycles. The summed E-state index contributed by atoms with van der Waals surface area (Å²) in [6.45, 7) is 2.11. The highest BCUT2D eigenvalue weighted by Crippen LogP contribution is 2.44. The van der Waals surface area contributed by atoms with E-state index < -0.39 is 0 Å². The number of nitrogens with one attached hydrogen (secondary N) is 1. The number of likely N-dealkylation sites (tertiary alicyclic amines) is 1. The first-order valence-corrected chi connectivity index (χ1v) is 7.31. The van der Waals surface area contributed by atoms with Crippen LogP contribution >= 0.6 is 0 Å². The minimum atomic E-state index is 0.367. The molecule has 0 aromatic heterocycles. The van der Waals surface area contributed by atoms with Crippen LogP contribution in [0.15, 0.2) is 12.1 Å². The summed E-state index contributed by atoms with van der Waals surface area (Å²) in [5, 5.41) is 3.30. The second kappa shape index (κ2) is 7.00. The van der Waals surface area contributed by atoms with Gasteiger partial charge in [-0.15, -0.1) is 0 Å². The molecule has 2 atom stereocenters. The molecule has 21 heavy (non-hydrogen) atoms. The van der Waals surface area contributed by atoms with Crippen LogP contribution in [0.3, 0.4) is 0 Å². The number of hydrogen-bond donors (Lipinski definition) is 1. The lowest BCUT2D eigenvalue weighted by atomic mass is 9.93. The molecule has 1 aliphatic rings. The van der Waals surface area contributed by atoms with Crippen molar-refractivity contribution in [2.45, 2.75) is 12.5 Å². The van der Waals surface area contributed by atoms with Crippen molar-refractivity contribution in [3.8, 4) is 17.2 Å². The van der Waals surface area contributed by atoms with Crippen molar-refractivity contribution in [2.24, 2.45) is 5.92 Å². The Hall–Kier alpha value is -1.46. The highest BCUT2D eigenvalue weighted by molar-refractivity contribution is 5.54. The van der Waals surface area contributed by atoms with Crippen LogP contribution in [0.25, 0.3) is 0 Å². The lowest BCUT2D eigenvalue weighted by Crippen LogP contribution is -2.26. The summed E-state index contributed by atoms with van der Waals surface area (Å²) < 4.78 is 16.3. The van der Waals surface area contributed by atoms with Crippen LogP contribution in [0.1, 0.15) is 18.0 Å². The van der Waals surface area contributed by atoms with E-state index >= 15 is 0 Å². The zero-order valence-electron chi connectivity index (χ0n) is 13.6. The fraction of sp³-hybridized carbons (Fsp3) is 0.625. The summed E-state index contributed by atoms with van der Waals surface area (Å²) in [6.07, 6.45) is 1.19. The smallest absolute Gasteiger partial charge is 0.203 e. The van der Waals surface area contributed by atoms with E-state index in [-0.39, 0.29) is 0 Å². The predicted octanol–water partition coefficient (Wildman–Crippen LogP) is 1.92. The van der Waals surface area contributed by atoms with E-state index in [0.717, 1.165) is 24.6 Å². The van der Waals surface area contributed by atoms with E-state index in [4.69, 9.17) is 14.2 Å².